The third kappa shape index (κ3) is 8.20. The number of carboxylic acid groups (broad SMARTS) is 2. The molecule has 0 bridgehead atoms. The first-order valence-electron chi connectivity index (χ1n) is 7.48. The number of aliphatic hydroxyl groups excluding tert-OH is 1. The summed E-state index contributed by atoms with van der Waals surface area (Å²) in [5.41, 5.74) is 0. The zero-order chi connectivity index (χ0) is 18.5. The van der Waals surface area contributed by atoms with E-state index >= 15 is 0 Å². The SMILES string of the molecule is CO[C@H]1CN(CC(=O)N2CCN(C)CC2)C[C@@H]1O.O=CO.O=CO. The number of rotatable bonds is 3. The summed E-state index contributed by atoms with van der Waals surface area (Å²) >= 11 is 0. The van der Waals surface area contributed by atoms with Crippen molar-refractivity contribution in [1.82, 2.24) is 14.7 Å². The highest BCUT2D eigenvalue weighted by molar-refractivity contribution is 5.78. The van der Waals surface area contributed by atoms with Crippen LogP contribution in [0, 0.1) is 0 Å². The van der Waals surface area contributed by atoms with Crippen molar-refractivity contribution < 1.29 is 34.4 Å². The summed E-state index contributed by atoms with van der Waals surface area (Å²) in [4.78, 5) is 34.9. The summed E-state index contributed by atoms with van der Waals surface area (Å²) in [6.45, 7) is 4.54. The number of hydrogen-bond acceptors (Lipinski definition) is 7. The van der Waals surface area contributed by atoms with Crippen LogP contribution in [0.25, 0.3) is 0 Å². The monoisotopic (exact) mass is 349 g/mol. The molecule has 0 aromatic heterocycles. The van der Waals surface area contributed by atoms with Gasteiger partial charge in [0.05, 0.1) is 18.8 Å². The van der Waals surface area contributed by atoms with Crippen molar-refractivity contribution in [2.24, 2.45) is 0 Å². The molecule has 24 heavy (non-hydrogen) atoms. The van der Waals surface area contributed by atoms with E-state index in [1.807, 2.05) is 9.80 Å². The molecule has 0 unspecified atom stereocenters. The highest BCUT2D eigenvalue weighted by atomic mass is 16.5. The lowest BCUT2D eigenvalue weighted by molar-refractivity contribution is -0.134. The minimum Gasteiger partial charge on any atom is -0.483 e. The van der Waals surface area contributed by atoms with Crippen LogP contribution in [0.4, 0.5) is 0 Å². The first kappa shape index (κ1) is 22.2. The van der Waals surface area contributed by atoms with Crippen LogP contribution in [0.2, 0.25) is 0 Å². The van der Waals surface area contributed by atoms with E-state index in [9.17, 15) is 9.90 Å². The lowest BCUT2D eigenvalue weighted by Crippen LogP contribution is -2.50. The van der Waals surface area contributed by atoms with Gasteiger partial charge in [0.15, 0.2) is 0 Å². The Morgan fingerprint density at radius 1 is 1.12 bits per heavy atom. The van der Waals surface area contributed by atoms with E-state index < -0.39 is 6.10 Å². The van der Waals surface area contributed by atoms with Gasteiger partial charge < -0.3 is 29.9 Å². The zero-order valence-corrected chi connectivity index (χ0v) is 14.1. The highest BCUT2D eigenvalue weighted by Gasteiger charge is 2.33. The number of likely N-dealkylation sites (tertiary alicyclic amines) is 1. The number of piperazine rings is 1. The molecule has 0 spiro atoms. The molecule has 10 nitrogen and oxygen atoms in total. The molecule has 1 amide bonds. The molecule has 0 saturated carbocycles. The second kappa shape index (κ2) is 12.6. The smallest absolute Gasteiger partial charge is 0.290 e. The summed E-state index contributed by atoms with van der Waals surface area (Å²) in [5, 5.41) is 23.5. The number of methoxy groups -OCH3 is 1. The van der Waals surface area contributed by atoms with Gasteiger partial charge in [0, 0.05) is 46.4 Å². The van der Waals surface area contributed by atoms with Crippen molar-refractivity contribution >= 4 is 18.9 Å². The minimum absolute atomic E-state index is 0.159. The number of carbonyl (C=O) groups is 3. The number of aliphatic hydroxyl groups is 1. The second-order valence-electron chi connectivity index (χ2n) is 5.43. The molecule has 140 valence electrons. The Hall–Kier alpha value is -1.75. The molecule has 2 fully saturated rings. The summed E-state index contributed by atoms with van der Waals surface area (Å²) in [6.07, 6.45) is -0.638. The molecule has 2 saturated heterocycles. The molecule has 2 heterocycles. The van der Waals surface area contributed by atoms with Crippen LogP contribution in [0.15, 0.2) is 0 Å². The van der Waals surface area contributed by atoms with E-state index in [2.05, 4.69) is 11.9 Å². The fourth-order valence-electron chi connectivity index (χ4n) is 2.54. The lowest BCUT2D eigenvalue weighted by atomic mass is 10.3. The molecule has 3 N–H and O–H groups in total. The predicted octanol–water partition coefficient (Wildman–Crippen LogP) is -2.15. The van der Waals surface area contributed by atoms with Crippen LogP contribution in [0.5, 0.6) is 0 Å². The van der Waals surface area contributed by atoms with Crippen molar-refractivity contribution in [2.45, 2.75) is 12.2 Å². The third-order valence-electron chi connectivity index (χ3n) is 3.83. The fraction of sp³-hybridized carbons (Fsp3) is 0.786. The molecule has 2 aliphatic heterocycles. The van der Waals surface area contributed by atoms with Gasteiger partial charge in [0.2, 0.25) is 5.91 Å². The summed E-state index contributed by atoms with van der Waals surface area (Å²) in [6, 6.07) is 0. The normalized spacial score (nSPS) is 24.2. The maximum Gasteiger partial charge on any atom is 0.290 e. The van der Waals surface area contributed by atoms with Crippen LogP contribution < -0.4 is 0 Å². The Bertz CT molecular complexity index is 369. The molecule has 0 aromatic rings. The Kier molecular flexibility index (Phi) is 11.7. The molecule has 10 heteroatoms. The van der Waals surface area contributed by atoms with Gasteiger partial charge >= 0.3 is 0 Å². The molecular formula is C14H27N3O7. The van der Waals surface area contributed by atoms with Crippen molar-refractivity contribution in [3.8, 4) is 0 Å². The maximum atomic E-state index is 12.1. The Morgan fingerprint density at radius 2 is 1.62 bits per heavy atom. The lowest BCUT2D eigenvalue weighted by Gasteiger charge is -2.33. The van der Waals surface area contributed by atoms with Crippen LogP contribution in [0.3, 0.4) is 0 Å². The second-order valence-corrected chi connectivity index (χ2v) is 5.43. The first-order chi connectivity index (χ1) is 11.4. The standard InChI is InChI=1S/C12H23N3O3.2CH2O2/c1-13-3-5-15(6-4-13)12(17)9-14-7-10(16)11(8-14)18-2;2*2-1-3/h10-11,16H,3-9H2,1-2H3;2*1H,(H,2,3)/t10-,11-;;/m0../s1. The molecular weight excluding hydrogens is 322 g/mol. The molecule has 0 radical (unpaired) electrons. The number of nitrogens with zero attached hydrogens (tertiary/aromatic N) is 3. The highest BCUT2D eigenvalue weighted by Crippen LogP contribution is 2.13. The van der Waals surface area contributed by atoms with E-state index in [0.29, 0.717) is 19.6 Å². The van der Waals surface area contributed by atoms with Gasteiger partial charge in [-0.3, -0.25) is 19.3 Å². The molecule has 0 aliphatic carbocycles. The largest absolute Gasteiger partial charge is 0.483 e. The Balaban J connectivity index is 0.000000772. The van der Waals surface area contributed by atoms with Crippen molar-refractivity contribution in [1.29, 1.82) is 0 Å². The Labute approximate surface area is 141 Å². The van der Waals surface area contributed by atoms with E-state index in [-0.39, 0.29) is 25.0 Å². The number of β-amino-alcohol motifs (C(OH)–C–C–N with tert-alkyl or cyclic N) is 1. The first-order valence-corrected chi connectivity index (χ1v) is 7.48. The number of amides is 1. The van der Waals surface area contributed by atoms with Crippen LogP contribution in [-0.4, -0.2) is 121 Å². The van der Waals surface area contributed by atoms with Crippen LogP contribution >= 0.6 is 0 Å². The van der Waals surface area contributed by atoms with Gasteiger partial charge in [-0.15, -0.1) is 0 Å². The average molecular weight is 349 g/mol. The molecule has 2 atom stereocenters. The Morgan fingerprint density at radius 3 is 2.04 bits per heavy atom. The summed E-state index contributed by atoms with van der Waals surface area (Å²) < 4.78 is 5.17. The van der Waals surface area contributed by atoms with E-state index in [1.54, 1.807) is 7.11 Å². The molecule has 2 aliphatic rings. The van der Waals surface area contributed by atoms with Gasteiger partial charge in [-0.25, -0.2) is 0 Å². The topological polar surface area (TPSA) is 131 Å². The van der Waals surface area contributed by atoms with E-state index in [4.69, 9.17) is 24.5 Å². The summed E-state index contributed by atoms with van der Waals surface area (Å²) in [7, 11) is 3.67. The third-order valence-corrected chi connectivity index (χ3v) is 3.83. The average Bonchev–Trinajstić information content (AvgIpc) is 2.89. The maximum absolute atomic E-state index is 12.1. The van der Waals surface area contributed by atoms with Crippen molar-refractivity contribution in [3.05, 3.63) is 0 Å². The van der Waals surface area contributed by atoms with Crippen LogP contribution in [0.1, 0.15) is 0 Å². The van der Waals surface area contributed by atoms with Crippen molar-refractivity contribution in [3.63, 3.8) is 0 Å². The van der Waals surface area contributed by atoms with Gasteiger partial charge in [-0.05, 0) is 7.05 Å². The zero-order valence-electron chi connectivity index (χ0n) is 14.1. The molecule has 2 rings (SSSR count). The van der Waals surface area contributed by atoms with Gasteiger partial charge in [-0.1, -0.05) is 0 Å². The quantitative estimate of drug-likeness (QED) is 0.488. The van der Waals surface area contributed by atoms with Gasteiger partial charge in [0.25, 0.3) is 12.9 Å². The number of likely N-dealkylation sites (N-methyl/N-ethyl adjacent to an activating group) is 1. The number of hydrogen-bond donors (Lipinski definition) is 3. The van der Waals surface area contributed by atoms with Crippen LogP contribution in [-0.2, 0) is 19.1 Å². The van der Waals surface area contributed by atoms with Crippen molar-refractivity contribution in [2.75, 3.05) is 60.0 Å². The van der Waals surface area contributed by atoms with E-state index in [1.165, 1.54) is 0 Å². The number of carbonyl (C=O) groups excluding carboxylic acids is 1. The summed E-state index contributed by atoms with van der Waals surface area (Å²) in [5.74, 6) is 0.159. The van der Waals surface area contributed by atoms with Gasteiger partial charge in [-0.2, -0.15) is 0 Å². The predicted molar refractivity (Wildman–Crippen MR) is 84.7 cm³/mol. The fourth-order valence-corrected chi connectivity index (χ4v) is 2.54. The number of ether oxygens (including phenoxy) is 1. The van der Waals surface area contributed by atoms with E-state index in [0.717, 1.165) is 26.2 Å². The van der Waals surface area contributed by atoms with Gasteiger partial charge in [0.1, 0.15) is 0 Å². The molecule has 0 aromatic carbocycles. The minimum atomic E-state index is -0.477.